The lowest BCUT2D eigenvalue weighted by Gasteiger charge is -2.35. The third-order valence-electron chi connectivity index (χ3n) is 5.70. The number of rotatable bonds is 6. The van der Waals surface area contributed by atoms with Gasteiger partial charge >= 0.3 is 12.2 Å². The van der Waals surface area contributed by atoms with Gasteiger partial charge in [-0.1, -0.05) is 48.5 Å². The fraction of sp³-hybridized carbons (Fsp3) is 0.107. The van der Waals surface area contributed by atoms with Crippen molar-refractivity contribution in [2.75, 3.05) is 5.32 Å². The van der Waals surface area contributed by atoms with E-state index < -0.39 is 23.3 Å². The Bertz CT molecular complexity index is 1370. The summed E-state index contributed by atoms with van der Waals surface area (Å²) in [6, 6.07) is 26.8. The Morgan fingerprint density at radius 3 is 2.19 bits per heavy atom. The van der Waals surface area contributed by atoms with E-state index in [-0.39, 0.29) is 12.0 Å². The Morgan fingerprint density at radius 2 is 1.56 bits per heavy atom. The summed E-state index contributed by atoms with van der Waals surface area (Å²) in [6.45, 7) is 0. The van der Waals surface area contributed by atoms with Crippen LogP contribution in [0, 0.1) is 11.3 Å². The van der Waals surface area contributed by atoms with Crippen molar-refractivity contribution in [3.05, 3.63) is 131 Å². The summed E-state index contributed by atoms with van der Waals surface area (Å²) in [5.41, 5.74) is -0.0116. The van der Waals surface area contributed by atoms with Gasteiger partial charge in [0.05, 0.1) is 22.9 Å². The van der Waals surface area contributed by atoms with Gasteiger partial charge in [-0.3, -0.25) is 4.98 Å². The smallest absolute Gasteiger partial charge is 0.322 e. The van der Waals surface area contributed by atoms with Crippen LogP contribution in [0.1, 0.15) is 27.9 Å². The molecular weight excluding hydrogens is 465 g/mol. The number of nitriles is 1. The lowest BCUT2D eigenvalue weighted by Crippen LogP contribution is -2.50. The second-order valence-corrected chi connectivity index (χ2v) is 8.13. The van der Waals surface area contributed by atoms with Gasteiger partial charge in [0.1, 0.15) is 5.54 Å². The minimum absolute atomic E-state index is 0.146. The molecule has 1 unspecified atom stereocenters. The minimum Gasteiger partial charge on any atom is -0.322 e. The van der Waals surface area contributed by atoms with Crippen molar-refractivity contribution in [1.29, 1.82) is 5.26 Å². The first-order valence-corrected chi connectivity index (χ1v) is 11.0. The van der Waals surface area contributed by atoms with Crippen LogP contribution < -0.4 is 10.6 Å². The number of alkyl halides is 3. The van der Waals surface area contributed by atoms with E-state index in [1.807, 2.05) is 36.4 Å². The van der Waals surface area contributed by atoms with Crippen LogP contribution in [0.2, 0.25) is 0 Å². The number of hydrogen-bond donors (Lipinski definition) is 2. The zero-order valence-corrected chi connectivity index (χ0v) is 19.0. The van der Waals surface area contributed by atoms with E-state index >= 15 is 0 Å². The zero-order valence-electron chi connectivity index (χ0n) is 19.0. The second kappa shape index (κ2) is 10.3. The number of hydrogen-bond acceptors (Lipinski definition) is 3. The van der Waals surface area contributed by atoms with Crippen LogP contribution >= 0.6 is 0 Å². The van der Waals surface area contributed by atoms with Crippen LogP contribution in [0.5, 0.6) is 0 Å². The van der Waals surface area contributed by atoms with Crippen molar-refractivity contribution in [1.82, 2.24) is 10.3 Å². The van der Waals surface area contributed by atoms with Gasteiger partial charge in [-0.25, -0.2) is 4.79 Å². The number of amides is 2. The summed E-state index contributed by atoms with van der Waals surface area (Å²) in [7, 11) is 0. The second-order valence-electron chi connectivity index (χ2n) is 8.13. The quantitative estimate of drug-likeness (QED) is 0.337. The van der Waals surface area contributed by atoms with Gasteiger partial charge in [-0.15, -0.1) is 0 Å². The van der Waals surface area contributed by atoms with E-state index in [4.69, 9.17) is 5.26 Å². The first kappa shape index (κ1) is 24.5. The number of carbonyl (C=O) groups excluding carboxylic acids is 1. The Morgan fingerprint density at radius 1 is 0.861 bits per heavy atom. The van der Waals surface area contributed by atoms with E-state index in [0.29, 0.717) is 16.9 Å². The molecular formula is C28H21F3N4O. The molecule has 0 radical (unpaired) electrons. The fourth-order valence-corrected chi connectivity index (χ4v) is 3.98. The average Bonchev–Trinajstić information content (AvgIpc) is 2.89. The highest BCUT2D eigenvalue weighted by Gasteiger charge is 2.40. The van der Waals surface area contributed by atoms with Gasteiger partial charge < -0.3 is 10.6 Å². The first-order chi connectivity index (χ1) is 17.3. The molecule has 4 aromatic rings. The molecule has 36 heavy (non-hydrogen) atoms. The molecule has 5 nitrogen and oxygen atoms in total. The molecule has 0 saturated carbocycles. The van der Waals surface area contributed by atoms with Gasteiger partial charge in [0, 0.05) is 18.3 Å². The summed E-state index contributed by atoms with van der Waals surface area (Å²) in [6.07, 6.45) is -2.89. The van der Waals surface area contributed by atoms with E-state index in [2.05, 4.69) is 15.6 Å². The van der Waals surface area contributed by atoms with Gasteiger partial charge in [-0.2, -0.15) is 18.4 Å². The maximum absolute atomic E-state index is 13.7. The SMILES string of the molecule is N#Cc1ccc(NC(=O)NC(Cc2ccccc2)(c2cccc(C(F)(F)F)c2)c2ccccn2)cc1. The van der Waals surface area contributed by atoms with Crippen LogP contribution in [-0.4, -0.2) is 11.0 Å². The standard InChI is InChI=1S/C28H21F3N4O/c29-28(30,31)23-10-6-9-22(17-23)27(25-11-4-5-16-33-25,18-20-7-2-1-3-8-20)35-26(36)34-24-14-12-21(19-32)13-15-24/h1-17H,18H2,(H2,34,35,36). The molecule has 2 amide bonds. The van der Waals surface area contributed by atoms with Gasteiger partial charge in [0.25, 0.3) is 0 Å². The molecule has 0 spiro atoms. The molecule has 0 aliphatic heterocycles. The van der Waals surface area contributed by atoms with Crippen LogP contribution in [-0.2, 0) is 18.1 Å². The first-order valence-electron chi connectivity index (χ1n) is 11.0. The predicted octanol–water partition coefficient (Wildman–Crippen LogP) is 6.28. The molecule has 3 aromatic carbocycles. The third kappa shape index (κ3) is 5.53. The van der Waals surface area contributed by atoms with Crippen molar-refractivity contribution >= 4 is 11.7 Å². The number of nitrogens with one attached hydrogen (secondary N) is 2. The molecule has 0 fully saturated rings. The largest absolute Gasteiger partial charge is 0.416 e. The highest BCUT2D eigenvalue weighted by atomic mass is 19.4. The van der Waals surface area contributed by atoms with E-state index in [1.54, 1.807) is 48.5 Å². The number of halogens is 3. The number of nitrogens with zero attached hydrogens (tertiary/aromatic N) is 2. The lowest BCUT2D eigenvalue weighted by molar-refractivity contribution is -0.137. The Hall–Kier alpha value is -4.64. The molecule has 0 aliphatic rings. The lowest BCUT2D eigenvalue weighted by atomic mass is 9.80. The molecule has 4 rings (SSSR count). The molecule has 1 heterocycles. The number of urea groups is 1. The summed E-state index contributed by atoms with van der Waals surface area (Å²) in [5.74, 6) is 0. The van der Waals surface area contributed by atoms with Gasteiger partial charge in [0.15, 0.2) is 0 Å². The Kier molecular flexibility index (Phi) is 7.02. The molecule has 0 saturated heterocycles. The van der Waals surface area contributed by atoms with Crippen molar-refractivity contribution in [3.63, 3.8) is 0 Å². The predicted molar refractivity (Wildman–Crippen MR) is 130 cm³/mol. The van der Waals surface area contributed by atoms with E-state index in [9.17, 15) is 18.0 Å². The molecule has 1 aromatic heterocycles. The number of anilines is 1. The topological polar surface area (TPSA) is 77.8 Å². The highest BCUT2D eigenvalue weighted by Crippen LogP contribution is 2.37. The summed E-state index contributed by atoms with van der Waals surface area (Å²) in [4.78, 5) is 17.7. The minimum atomic E-state index is -4.57. The summed E-state index contributed by atoms with van der Waals surface area (Å²) >= 11 is 0. The molecule has 1 atom stereocenters. The van der Waals surface area contributed by atoms with Crippen LogP contribution in [0.25, 0.3) is 0 Å². The average molecular weight is 486 g/mol. The maximum atomic E-state index is 13.7. The fourth-order valence-electron chi connectivity index (χ4n) is 3.98. The van der Waals surface area contributed by atoms with Crippen LogP contribution in [0.15, 0.2) is 103 Å². The molecule has 0 bridgehead atoms. The maximum Gasteiger partial charge on any atom is 0.416 e. The third-order valence-corrected chi connectivity index (χ3v) is 5.70. The number of carbonyl (C=O) groups is 1. The number of aromatic nitrogens is 1. The molecule has 0 aliphatic carbocycles. The molecule has 2 N–H and O–H groups in total. The normalized spacial score (nSPS) is 12.7. The monoisotopic (exact) mass is 486 g/mol. The van der Waals surface area contributed by atoms with Crippen molar-refractivity contribution in [2.24, 2.45) is 0 Å². The Balaban J connectivity index is 1.83. The van der Waals surface area contributed by atoms with Crippen LogP contribution in [0.4, 0.5) is 23.7 Å². The highest BCUT2D eigenvalue weighted by molar-refractivity contribution is 5.90. The zero-order chi connectivity index (χ0) is 25.6. The summed E-state index contributed by atoms with van der Waals surface area (Å²) in [5, 5.41) is 14.6. The van der Waals surface area contributed by atoms with Gasteiger partial charge in [0.2, 0.25) is 0 Å². The van der Waals surface area contributed by atoms with E-state index in [0.717, 1.165) is 17.7 Å². The van der Waals surface area contributed by atoms with Crippen LogP contribution in [0.3, 0.4) is 0 Å². The number of pyridine rings is 1. The van der Waals surface area contributed by atoms with Crippen molar-refractivity contribution in [2.45, 2.75) is 18.1 Å². The van der Waals surface area contributed by atoms with Gasteiger partial charge in [-0.05, 0) is 59.7 Å². The Labute approximate surface area is 206 Å². The van der Waals surface area contributed by atoms with E-state index in [1.165, 1.54) is 12.3 Å². The molecule has 8 heteroatoms. The molecule has 180 valence electrons. The van der Waals surface area contributed by atoms with Crippen molar-refractivity contribution < 1.29 is 18.0 Å². The summed E-state index contributed by atoms with van der Waals surface area (Å²) < 4.78 is 41.0. The van der Waals surface area contributed by atoms with Crippen molar-refractivity contribution in [3.8, 4) is 6.07 Å². The number of benzene rings is 3.